The predicted molar refractivity (Wildman–Crippen MR) is 78.4 cm³/mol. The summed E-state index contributed by atoms with van der Waals surface area (Å²) in [5, 5.41) is 3.04. The Labute approximate surface area is 120 Å². The van der Waals surface area contributed by atoms with Gasteiger partial charge in [0.05, 0.1) is 6.54 Å². The molecule has 2 heterocycles. The van der Waals surface area contributed by atoms with E-state index in [-0.39, 0.29) is 5.91 Å². The third-order valence-corrected chi connectivity index (χ3v) is 4.35. The van der Waals surface area contributed by atoms with Gasteiger partial charge < -0.3 is 5.32 Å². The summed E-state index contributed by atoms with van der Waals surface area (Å²) in [6, 6.07) is 6.13. The molecule has 1 saturated carbocycles. The van der Waals surface area contributed by atoms with Crippen molar-refractivity contribution in [3.05, 3.63) is 30.1 Å². The van der Waals surface area contributed by atoms with Crippen LogP contribution in [0.15, 0.2) is 24.4 Å². The highest BCUT2D eigenvalue weighted by molar-refractivity contribution is 5.78. The van der Waals surface area contributed by atoms with Gasteiger partial charge in [-0.3, -0.25) is 14.7 Å². The van der Waals surface area contributed by atoms with Gasteiger partial charge in [0.25, 0.3) is 0 Å². The molecule has 1 aromatic rings. The van der Waals surface area contributed by atoms with E-state index in [2.05, 4.69) is 27.3 Å². The summed E-state index contributed by atoms with van der Waals surface area (Å²) in [6.07, 6.45) is 6.65. The van der Waals surface area contributed by atoms with Crippen LogP contribution in [0.1, 0.15) is 37.3 Å². The van der Waals surface area contributed by atoms with Gasteiger partial charge in [0, 0.05) is 24.4 Å². The first-order valence-electron chi connectivity index (χ1n) is 7.71. The van der Waals surface area contributed by atoms with Crippen LogP contribution in [0.3, 0.4) is 0 Å². The summed E-state index contributed by atoms with van der Waals surface area (Å²) in [4.78, 5) is 18.5. The summed E-state index contributed by atoms with van der Waals surface area (Å²) in [6.45, 7) is 3.43. The van der Waals surface area contributed by atoms with E-state index in [0.29, 0.717) is 12.5 Å². The molecule has 1 aliphatic carbocycles. The van der Waals surface area contributed by atoms with Gasteiger partial charge in [-0.2, -0.15) is 0 Å². The number of nitrogens with one attached hydrogen (secondary N) is 1. The maximum absolute atomic E-state index is 11.8. The quantitative estimate of drug-likeness (QED) is 0.889. The minimum atomic E-state index is 0.188. The zero-order chi connectivity index (χ0) is 13.8. The number of likely N-dealkylation sites (tertiary alicyclic amines) is 1. The lowest BCUT2D eigenvalue weighted by molar-refractivity contribution is -0.122. The summed E-state index contributed by atoms with van der Waals surface area (Å²) in [5.74, 6) is 1.50. The second-order valence-corrected chi connectivity index (χ2v) is 6.05. The Bertz CT molecular complexity index is 436. The van der Waals surface area contributed by atoms with Gasteiger partial charge in [-0.15, -0.1) is 0 Å². The molecule has 0 radical (unpaired) electrons. The minimum absolute atomic E-state index is 0.188. The molecule has 1 amide bonds. The smallest absolute Gasteiger partial charge is 0.234 e. The molecular weight excluding hydrogens is 250 g/mol. The van der Waals surface area contributed by atoms with E-state index in [1.54, 1.807) is 0 Å². The number of aromatic nitrogens is 1. The number of piperidine rings is 1. The van der Waals surface area contributed by atoms with Crippen molar-refractivity contribution < 1.29 is 4.79 Å². The van der Waals surface area contributed by atoms with E-state index >= 15 is 0 Å². The number of amides is 1. The van der Waals surface area contributed by atoms with Crippen molar-refractivity contribution in [2.45, 2.75) is 31.6 Å². The van der Waals surface area contributed by atoms with Crippen molar-refractivity contribution in [1.82, 2.24) is 15.2 Å². The number of nitrogens with zero attached hydrogens (tertiary/aromatic N) is 2. The van der Waals surface area contributed by atoms with Gasteiger partial charge >= 0.3 is 0 Å². The minimum Gasteiger partial charge on any atom is -0.355 e. The molecule has 108 valence electrons. The van der Waals surface area contributed by atoms with Crippen molar-refractivity contribution >= 4 is 5.91 Å². The van der Waals surface area contributed by atoms with E-state index in [0.717, 1.165) is 38.4 Å². The van der Waals surface area contributed by atoms with E-state index in [9.17, 15) is 4.79 Å². The number of carbonyl (C=O) groups is 1. The van der Waals surface area contributed by atoms with Crippen molar-refractivity contribution in [3.8, 4) is 0 Å². The highest BCUT2D eigenvalue weighted by Crippen LogP contribution is 2.28. The number of rotatable bonds is 5. The van der Waals surface area contributed by atoms with E-state index in [4.69, 9.17) is 0 Å². The lowest BCUT2D eigenvalue weighted by atomic mass is 9.93. The Morgan fingerprint density at radius 1 is 1.25 bits per heavy atom. The molecule has 1 aromatic heterocycles. The molecule has 1 saturated heterocycles. The van der Waals surface area contributed by atoms with Gasteiger partial charge in [0.1, 0.15) is 0 Å². The fourth-order valence-electron chi connectivity index (χ4n) is 2.84. The molecule has 0 unspecified atom stereocenters. The van der Waals surface area contributed by atoms with Gasteiger partial charge in [-0.25, -0.2) is 0 Å². The highest BCUT2D eigenvalue weighted by Gasteiger charge is 2.24. The van der Waals surface area contributed by atoms with E-state index in [1.165, 1.54) is 18.5 Å². The summed E-state index contributed by atoms with van der Waals surface area (Å²) >= 11 is 0. The number of hydrogen-bond acceptors (Lipinski definition) is 3. The van der Waals surface area contributed by atoms with Gasteiger partial charge in [0.2, 0.25) is 5.91 Å². The van der Waals surface area contributed by atoms with Crippen molar-refractivity contribution in [3.63, 3.8) is 0 Å². The fourth-order valence-corrected chi connectivity index (χ4v) is 2.84. The monoisotopic (exact) mass is 273 g/mol. The zero-order valence-corrected chi connectivity index (χ0v) is 11.9. The second-order valence-electron chi connectivity index (χ2n) is 6.05. The SMILES string of the molecule is O=C(CN1CCC(c2ccccn2)CC1)NCC1CC1. The zero-order valence-electron chi connectivity index (χ0n) is 11.9. The topological polar surface area (TPSA) is 45.2 Å². The van der Waals surface area contributed by atoms with Crippen molar-refractivity contribution in [2.24, 2.45) is 5.92 Å². The number of hydrogen-bond donors (Lipinski definition) is 1. The first-order valence-corrected chi connectivity index (χ1v) is 7.71. The van der Waals surface area contributed by atoms with Crippen LogP contribution < -0.4 is 5.32 Å². The molecule has 0 spiro atoms. The molecule has 2 fully saturated rings. The summed E-state index contributed by atoms with van der Waals surface area (Å²) < 4.78 is 0. The molecular formula is C16H23N3O. The third kappa shape index (κ3) is 3.79. The van der Waals surface area contributed by atoms with Crippen LogP contribution >= 0.6 is 0 Å². The van der Waals surface area contributed by atoms with Crippen LogP contribution in [0, 0.1) is 5.92 Å². The average Bonchev–Trinajstić information content (AvgIpc) is 3.31. The number of carbonyl (C=O) groups excluding carboxylic acids is 1. The Kier molecular flexibility index (Phi) is 4.31. The normalized spacial score (nSPS) is 20.8. The van der Waals surface area contributed by atoms with Gasteiger partial charge in [-0.05, 0) is 56.8 Å². The lowest BCUT2D eigenvalue weighted by Gasteiger charge is -2.31. The highest BCUT2D eigenvalue weighted by atomic mass is 16.2. The molecule has 1 N–H and O–H groups in total. The van der Waals surface area contributed by atoms with E-state index in [1.807, 2.05) is 12.3 Å². The number of pyridine rings is 1. The van der Waals surface area contributed by atoms with Crippen molar-refractivity contribution in [2.75, 3.05) is 26.2 Å². The van der Waals surface area contributed by atoms with Crippen LogP contribution in [0.5, 0.6) is 0 Å². The molecule has 1 aliphatic heterocycles. The van der Waals surface area contributed by atoms with Crippen LogP contribution in [0.4, 0.5) is 0 Å². The third-order valence-electron chi connectivity index (χ3n) is 4.35. The molecule has 20 heavy (non-hydrogen) atoms. The fraction of sp³-hybridized carbons (Fsp3) is 0.625. The maximum Gasteiger partial charge on any atom is 0.234 e. The Balaban J connectivity index is 1.40. The average molecular weight is 273 g/mol. The van der Waals surface area contributed by atoms with E-state index < -0.39 is 0 Å². The largest absolute Gasteiger partial charge is 0.355 e. The first kappa shape index (κ1) is 13.6. The molecule has 4 nitrogen and oxygen atoms in total. The standard InChI is InChI=1S/C16H23N3O/c20-16(18-11-13-4-5-13)12-19-9-6-14(7-10-19)15-3-1-2-8-17-15/h1-3,8,13-14H,4-7,9-12H2,(H,18,20). The van der Waals surface area contributed by atoms with Crippen LogP contribution in [-0.4, -0.2) is 42.0 Å². The molecule has 2 aliphatic rings. The Hall–Kier alpha value is -1.42. The van der Waals surface area contributed by atoms with Crippen LogP contribution in [-0.2, 0) is 4.79 Å². The van der Waals surface area contributed by atoms with Crippen LogP contribution in [0.25, 0.3) is 0 Å². The molecule has 0 bridgehead atoms. The maximum atomic E-state index is 11.8. The molecule has 0 atom stereocenters. The predicted octanol–water partition coefficient (Wildman–Crippen LogP) is 1.79. The van der Waals surface area contributed by atoms with Gasteiger partial charge in [0.15, 0.2) is 0 Å². The van der Waals surface area contributed by atoms with Crippen molar-refractivity contribution in [1.29, 1.82) is 0 Å². The summed E-state index contributed by atoms with van der Waals surface area (Å²) in [7, 11) is 0. The Morgan fingerprint density at radius 2 is 2.05 bits per heavy atom. The first-order chi connectivity index (χ1) is 9.81. The second kappa shape index (κ2) is 6.35. The van der Waals surface area contributed by atoms with Crippen LogP contribution in [0.2, 0.25) is 0 Å². The molecule has 4 heteroatoms. The lowest BCUT2D eigenvalue weighted by Crippen LogP contribution is -2.41. The van der Waals surface area contributed by atoms with Gasteiger partial charge in [-0.1, -0.05) is 6.07 Å². The summed E-state index contributed by atoms with van der Waals surface area (Å²) in [5.41, 5.74) is 1.20. The Morgan fingerprint density at radius 3 is 2.70 bits per heavy atom. The molecule has 3 rings (SSSR count). The molecule has 0 aromatic carbocycles.